The van der Waals surface area contributed by atoms with E-state index < -0.39 is 0 Å². The third kappa shape index (κ3) is 4.55. The number of methoxy groups -OCH3 is 1. The van der Waals surface area contributed by atoms with Crippen LogP contribution in [-0.4, -0.2) is 25.3 Å². The number of amides is 1. The zero-order valence-corrected chi connectivity index (χ0v) is 18.6. The van der Waals surface area contributed by atoms with Gasteiger partial charge in [-0.05, 0) is 83.5 Å². The topological polar surface area (TPSA) is 51.1 Å². The molecule has 0 aliphatic carbocycles. The van der Waals surface area contributed by atoms with Crippen molar-refractivity contribution in [2.75, 3.05) is 18.7 Å². The van der Waals surface area contributed by atoms with Gasteiger partial charge in [-0.15, -0.1) is 0 Å². The van der Waals surface area contributed by atoms with Gasteiger partial charge >= 0.3 is 0 Å². The summed E-state index contributed by atoms with van der Waals surface area (Å²) in [6.45, 7) is 6.65. The predicted molar refractivity (Wildman–Crippen MR) is 121 cm³/mol. The number of anilines is 1. The molecule has 2 aromatic carbocycles. The highest BCUT2D eigenvalue weighted by Gasteiger charge is 2.28. The van der Waals surface area contributed by atoms with Gasteiger partial charge in [0.05, 0.1) is 30.7 Å². The van der Waals surface area contributed by atoms with Gasteiger partial charge in [0.2, 0.25) is 0 Å². The van der Waals surface area contributed by atoms with Crippen LogP contribution in [0.25, 0.3) is 6.08 Å². The minimum atomic E-state index is -0.141. The quantitative estimate of drug-likeness (QED) is 0.416. The number of hydrogen-bond donors (Lipinski definition) is 0. The maximum Gasteiger partial charge on any atom is 0.280 e. The first-order valence-corrected chi connectivity index (χ1v) is 10.1. The molecule has 0 spiro atoms. The molecule has 0 bridgehead atoms. The molecular weight excluding hydrogens is 467 g/mol. The Morgan fingerprint density at radius 3 is 2.50 bits per heavy atom. The monoisotopic (exact) mass is 490 g/mol. The lowest BCUT2D eigenvalue weighted by molar-refractivity contribution is -0.114. The number of nitrogens with zero attached hydrogens (tertiary/aromatic N) is 2. The number of hydrogen-bond acceptors (Lipinski definition) is 4. The number of halogens is 1. The summed E-state index contributed by atoms with van der Waals surface area (Å²) in [6.07, 6.45) is 1.84. The summed E-state index contributed by atoms with van der Waals surface area (Å²) < 4.78 is 12.4. The summed E-state index contributed by atoms with van der Waals surface area (Å²) in [4.78, 5) is 12.9. The van der Waals surface area contributed by atoms with E-state index in [1.807, 2.05) is 55.5 Å². The Balaban J connectivity index is 1.86. The Hall–Kier alpha value is -2.35. The fourth-order valence-corrected chi connectivity index (χ4v) is 3.12. The van der Waals surface area contributed by atoms with E-state index in [2.05, 4.69) is 41.5 Å². The van der Waals surface area contributed by atoms with E-state index in [4.69, 9.17) is 9.47 Å². The van der Waals surface area contributed by atoms with Crippen LogP contribution in [-0.2, 0) is 4.79 Å². The van der Waals surface area contributed by atoms with Gasteiger partial charge in [0.1, 0.15) is 0 Å². The predicted octanol–water partition coefficient (Wildman–Crippen LogP) is 5.14. The highest BCUT2D eigenvalue weighted by molar-refractivity contribution is 14.1. The van der Waals surface area contributed by atoms with Gasteiger partial charge in [0.25, 0.3) is 5.91 Å². The van der Waals surface area contributed by atoms with Crippen LogP contribution in [0, 0.1) is 9.49 Å². The van der Waals surface area contributed by atoms with Crippen LogP contribution >= 0.6 is 22.6 Å². The first kappa shape index (κ1) is 20.4. The Labute approximate surface area is 179 Å². The Morgan fingerprint density at radius 1 is 1.14 bits per heavy atom. The maximum absolute atomic E-state index is 12.9. The number of benzene rings is 2. The van der Waals surface area contributed by atoms with Gasteiger partial charge in [-0.3, -0.25) is 4.79 Å². The van der Waals surface area contributed by atoms with E-state index in [9.17, 15) is 4.79 Å². The summed E-state index contributed by atoms with van der Waals surface area (Å²) in [6, 6.07) is 13.4. The van der Waals surface area contributed by atoms with Crippen LogP contribution < -0.4 is 14.5 Å². The van der Waals surface area contributed by atoms with E-state index >= 15 is 0 Å². The summed E-state index contributed by atoms with van der Waals surface area (Å²) in [5, 5.41) is 5.87. The zero-order chi connectivity index (χ0) is 20.3. The van der Waals surface area contributed by atoms with Gasteiger partial charge < -0.3 is 9.47 Å². The van der Waals surface area contributed by atoms with Crippen LogP contribution in [0.15, 0.2) is 53.1 Å². The molecular formula is C22H23IN2O3. The summed E-state index contributed by atoms with van der Waals surface area (Å²) in [7, 11) is 1.61. The van der Waals surface area contributed by atoms with Crippen LogP contribution in [0.1, 0.15) is 26.3 Å². The molecule has 3 rings (SSSR count). The van der Waals surface area contributed by atoms with Crippen molar-refractivity contribution in [2.24, 2.45) is 11.0 Å². The Morgan fingerprint density at radius 2 is 1.86 bits per heavy atom. The van der Waals surface area contributed by atoms with Gasteiger partial charge in [-0.25, -0.2) is 0 Å². The van der Waals surface area contributed by atoms with Crippen LogP contribution in [0.2, 0.25) is 0 Å². The molecule has 0 saturated heterocycles. The van der Waals surface area contributed by atoms with Crippen molar-refractivity contribution < 1.29 is 14.3 Å². The van der Waals surface area contributed by atoms with E-state index in [1.54, 1.807) is 7.11 Å². The minimum Gasteiger partial charge on any atom is -0.493 e. The molecule has 0 radical (unpaired) electrons. The molecule has 0 atom stereocenters. The SMILES string of the molecule is COc1cc(/C=C2\C(=O)N(c3ccc(I)cc3)N=C2C)ccc1OCC(C)C. The fourth-order valence-electron chi connectivity index (χ4n) is 2.76. The first-order valence-electron chi connectivity index (χ1n) is 9.07. The lowest BCUT2D eigenvalue weighted by atomic mass is 10.1. The number of hydrazone groups is 1. The number of carbonyl (C=O) groups is 1. The molecule has 28 heavy (non-hydrogen) atoms. The molecule has 2 aromatic rings. The zero-order valence-electron chi connectivity index (χ0n) is 16.4. The number of carbonyl (C=O) groups excluding carboxylic acids is 1. The molecule has 0 N–H and O–H groups in total. The molecule has 5 nitrogen and oxygen atoms in total. The summed E-state index contributed by atoms with van der Waals surface area (Å²) in [5.41, 5.74) is 2.86. The molecule has 1 aliphatic rings. The standard InChI is InChI=1S/C22H23IN2O3/c1-14(2)13-28-20-10-5-16(12-21(20)27-4)11-19-15(3)24-25(22(19)26)18-8-6-17(23)7-9-18/h5-12,14H,13H2,1-4H3/b19-11-. The number of rotatable bonds is 6. The molecule has 0 aromatic heterocycles. The third-order valence-electron chi connectivity index (χ3n) is 4.20. The van der Waals surface area contributed by atoms with Crippen LogP contribution in [0.3, 0.4) is 0 Å². The molecule has 1 heterocycles. The van der Waals surface area contributed by atoms with Crippen molar-refractivity contribution in [2.45, 2.75) is 20.8 Å². The van der Waals surface area contributed by atoms with Gasteiger partial charge in [-0.2, -0.15) is 10.1 Å². The maximum atomic E-state index is 12.9. The van der Waals surface area contributed by atoms with Crippen molar-refractivity contribution in [3.63, 3.8) is 0 Å². The van der Waals surface area contributed by atoms with Gasteiger partial charge in [0.15, 0.2) is 11.5 Å². The summed E-state index contributed by atoms with van der Waals surface area (Å²) >= 11 is 2.23. The molecule has 0 saturated carbocycles. The molecule has 1 aliphatic heterocycles. The first-order chi connectivity index (χ1) is 13.4. The summed E-state index contributed by atoms with van der Waals surface area (Å²) in [5.74, 6) is 1.62. The molecule has 0 fully saturated rings. The largest absolute Gasteiger partial charge is 0.493 e. The van der Waals surface area contributed by atoms with Crippen molar-refractivity contribution in [3.05, 3.63) is 57.2 Å². The Kier molecular flexibility index (Phi) is 6.39. The van der Waals surface area contributed by atoms with Crippen LogP contribution in [0.5, 0.6) is 11.5 Å². The third-order valence-corrected chi connectivity index (χ3v) is 4.92. The van der Waals surface area contributed by atoms with E-state index in [0.29, 0.717) is 35.3 Å². The van der Waals surface area contributed by atoms with Crippen molar-refractivity contribution in [1.29, 1.82) is 0 Å². The van der Waals surface area contributed by atoms with Gasteiger partial charge in [-0.1, -0.05) is 19.9 Å². The fraction of sp³-hybridized carbons (Fsp3) is 0.273. The minimum absolute atomic E-state index is 0.141. The van der Waals surface area contributed by atoms with Crippen LogP contribution in [0.4, 0.5) is 5.69 Å². The second-order valence-corrected chi connectivity index (χ2v) is 8.20. The number of ether oxygens (including phenoxy) is 2. The van der Waals surface area contributed by atoms with E-state index in [0.717, 1.165) is 14.8 Å². The molecule has 6 heteroatoms. The van der Waals surface area contributed by atoms with Crippen molar-refractivity contribution in [3.8, 4) is 11.5 Å². The molecule has 1 amide bonds. The average Bonchev–Trinajstić information content (AvgIpc) is 2.95. The lowest BCUT2D eigenvalue weighted by Gasteiger charge is -2.13. The average molecular weight is 490 g/mol. The molecule has 0 unspecified atom stereocenters. The van der Waals surface area contributed by atoms with Gasteiger partial charge in [0, 0.05) is 3.57 Å². The second kappa shape index (κ2) is 8.77. The van der Waals surface area contributed by atoms with E-state index in [1.165, 1.54) is 5.01 Å². The highest BCUT2D eigenvalue weighted by atomic mass is 127. The highest BCUT2D eigenvalue weighted by Crippen LogP contribution is 2.31. The lowest BCUT2D eigenvalue weighted by Crippen LogP contribution is -2.21. The van der Waals surface area contributed by atoms with Crippen molar-refractivity contribution >= 4 is 46.0 Å². The second-order valence-electron chi connectivity index (χ2n) is 6.95. The normalized spacial score (nSPS) is 15.4. The Bertz CT molecular complexity index is 933. The van der Waals surface area contributed by atoms with E-state index in [-0.39, 0.29) is 5.91 Å². The smallest absolute Gasteiger partial charge is 0.280 e. The molecule has 146 valence electrons. The van der Waals surface area contributed by atoms with Crippen molar-refractivity contribution in [1.82, 2.24) is 0 Å².